The average Bonchev–Trinajstić information content (AvgIpc) is 3.46. The van der Waals surface area contributed by atoms with E-state index in [9.17, 15) is 0 Å². The third kappa shape index (κ3) is 3.91. The molecule has 0 aromatic heterocycles. The monoisotopic (exact) mass is 555 g/mol. The second kappa shape index (κ2) is 9.58. The van der Waals surface area contributed by atoms with Gasteiger partial charge in [-0.05, 0) is 112 Å². The van der Waals surface area contributed by atoms with E-state index in [1.165, 1.54) is 59.1 Å². The van der Waals surface area contributed by atoms with E-state index in [2.05, 4.69) is 140 Å². The molecule has 210 valence electrons. The van der Waals surface area contributed by atoms with Crippen molar-refractivity contribution in [2.24, 2.45) is 23.2 Å². The van der Waals surface area contributed by atoms with Gasteiger partial charge in [-0.3, -0.25) is 0 Å². The lowest BCUT2D eigenvalue weighted by Gasteiger charge is -2.53. The van der Waals surface area contributed by atoms with E-state index in [0.29, 0.717) is 11.3 Å². The van der Waals surface area contributed by atoms with Crippen LogP contribution in [-0.2, 0) is 0 Å². The molecule has 5 aromatic carbocycles. The molecule has 5 aromatic rings. The van der Waals surface area contributed by atoms with Crippen LogP contribution in [0.2, 0.25) is 0 Å². The fraction of sp³-hybridized carbons (Fsp3) is 0.238. The smallest absolute Gasteiger partial charge is 0.0463 e. The Kier molecular flexibility index (Phi) is 5.60. The molecule has 1 N–H and O–H groups in total. The first-order valence-electron chi connectivity index (χ1n) is 16.1. The molecule has 0 saturated heterocycles. The second-order valence-corrected chi connectivity index (χ2v) is 13.7. The maximum absolute atomic E-state index is 3.74. The molecule has 43 heavy (non-hydrogen) atoms. The standard InChI is InChI=1S/C42H37N/c1-27-20-28-22-39-32(21-27)26-42(39,25-28)41-37-16-6-5-15-35(37)36-19-18-31(24-38(36)41)30-12-9-13-33(23-30)43-40-17-8-7-14-34(40)29-10-3-2-4-11-29/h2-19,21,23-24,27-28,39,41,43H,20,22,25-26H2,1H3. The summed E-state index contributed by atoms with van der Waals surface area (Å²) < 4.78 is 0. The van der Waals surface area contributed by atoms with Gasteiger partial charge in [-0.2, -0.15) is 0 Å². The lowest BCUT2D eigenvalue weighted by atomic mass is 9.50. The van der Waals surface area contributed by atoms with Gasteiger partial charge in [0, 0.05) is 22.9 Å². The Balaban J connectivity index is 1.09. The highest BCUT2D eigenvalue weighted by Gasteiger charge is 2.62. The summed E-state index contributed by atoms with van der Waals surface area (Å²) in [6.45, 7) is 2.43. The molecule has 5 atom stereocenters. The van der Waals surface area contributed by atoms with E-state index in [0.717, 1.165) is 29.1 Å². The first-order valence-corrected chi connectivity index (χ1v) is 16.1. The third-order valence-electron chi connectivity index (χ3n) is 11.1. The molecule has 1 nitrogen and oxygen atoms in total. The minimum Gasteiger partial charge on any atom is -0.355 e. The summed E-state index contributed by atoms with van der Waals surface area (Å²) in [5.74, 6) is 2.89. The van der Waals surface area contributed by atoms with Gasteiger partial charge < -0.3 is 5.32 Å². The molecule has 2 saturated carbocycles. The van der Waals surface area contributed by atoms with E-state index in [4.69, 9.17) is 0 Å². The first kappa shape index (κ1) is 25.2. The predicted molar refractivity (Wildman–Crippen MR) is 179 cm³/mol. The number of rotatable bonds is 5. The van der Waals surface area contributed by atoms with Gasteiger partial charge in [0.2, 0.25) is 0 Å². The predicted octanol–water partition coefficient (Wildman–Crippen LogP) is 11.3. The van der Waals surface area contributed by atoms with Crippen molar-refractivity contribution >= 4 is 11.4 Å². The maximum atomic E-state index is 3.74. The number of hydrogen-bond donors (Lipinski definition) is 1. The van der Waals surface area contributed by atoms with Crippen molar-refractivity contribution in [3.05, 3.63) is 144 Å². The van der Waals surface area contributed by atoms with Crippen molar-refractivity contribution in [3.8, 4) is 33.4 Å². The first-order chi connectivity index (χ1) is 21.2. The van der Waals surface area contributed by atoms with Gasteiger partial charge in [-0.25, -0.2) is 0 Å². The molecule has 2 bridgehead atoms. The molecule has 4 aliphatic rings. The van der Waals surface area contributed by atoms with Gasteiger partial charge in [0.1, 0.15) is 0 Å². The Labute approximate surface area is 255 Å². The van der Waals surface area contributed by atoms with Crippen molar-refractivity contribution in [1.29, 1.82) is 0 Å². The summed E-state index contributed by atoms with van der Waals surface area (Å²) in [7, 11) is 0. The lowest BCUT2D eigenvalue weighted by molar-refractivity contribution is 0.110. The van der Waals surface area contributed by atoms with Crippen LogP contribution < -0.4 is 5.32 Å². The molecule has 9 rings (SSSR count). The number of hydrogen-bond acceptors (Lipinski definition) is 1. The molecule has 0 amide bonds. The summed E-state index contributed by atoms with van der Waals surface area (Å²) in [6.07, 6.45) is 8.11. The zero-order valence-electron chi connectivity index (χ0n) is 24.8. The number of anilines is 2. The Morgan fingerprint density at radius 1 is 0.628 bits per heavy atom. The van der Waals surface area contributed by atoms with Gasteiger partial charge in [-0.1, -0.05) is 116 Å². The summed E-state index contributed by atoms with van der Waals surface area (Å²) in [5, 5.41) is 3.74. The van der Waals surface area contributed by atoms with Crippen molar-refractivity contribution in [2.75, 3.05) is 5.32 Å². The zero-order valence-corrected chi connectivity index (χ0v) is 24.8. The van der Waals surface area contributed by atoms with E-state index in [-0.39, 0.29) is 0 Å². The molecule has 2 fully saturated rings. The number of allylic oxidation sites excluding steroid dienone is 2. The number of nitrogens with one attached hydrogen (secondary N) is 1. The fourth-order valence-corrected chi connectivity index (χ4v) is 9.56. The van der Waals surface area contributed by atoms with Gasteiger partial charge in [0.25, 0.3) is 0 Å². The van der Waals surface area contributed by atoms with E-state index in [1.54, 1.807) is 16.7 Å². The molecule has 0 heterocycles. The van der Waals surface area contributed by atoms with Crippen LogP contribution in [0.15, 0.2) is 133 Å². The summed E-state index contributed by atoms with van der Waals surface area (Å²) in [6, 6.07) is 44.8. The van der Waals surface area contributed by atoms with Gasteiger partial charge in [0.05, 0.1) is 0 Å². The molecule has 0 radical (unpaired) electrons. The maximum Gasteiger partial charge on any atom is 0.0463 e. The number of benzene rings is 5. The van der Waals surface area contributed by atoms with Crippen LogP contribution in [0, 0.1) is 23.2 Å². The quantitative estimate of drug-likeness (QED) is 0.213. The zero-order chi connectivity index (χ0) is 28.5. The molecular formula is C42H37N. The normalized spacial score (nSPS) is 26.1. The van der Waals surface area contributed by atoms with Crippen LogP contribution in [0.4, 0.5) is 11.4 Å². The minimum absolute atomic E-state index is 0.390. The van der Waals surface area contributed by atoms with Crippen molar-refractivity contribution in [3.63, 3.8) is 0 Å². The highest BCUT2D eigenvalue weighted by Crippen LogP contribution is 2.73. The minimum atomic E-state index is 0.390. The van der Waals surface area contributed by atoms with Crippen molar-refractivity contribution in [2.45, 2.75) is 38.5 Å². The van der Waals surface area contributed by atoms with E-state index >= 15 is 0 Å². The molecule has 0 aliphatic heterocycles. The van der Waals surface area contributed by atoms with Crippen LogP contribution in [0.3, 0.4) is 0 Å². The lowest BCUT2D eigenvalue weighted by Crippen LogP contribution is -2.43. The van der Waals surface area contributed by atoms with Crippen LogP contribution in [0.1, 0.15) is 49.7 Å². The van der Waals surface area contributed by atoms with Crippen molar-refractivity contribution < 1.29 is 0 Å². The van der Waals surface area contributed by atoms with Crippen LogP contribution >= 0.6 is 0 Å². The molecular weight excluding hydrogens is 518 g/mol. The van der Waals surface area contributed by atoms with Gasteiger partial charge in [0.15, 0.2) is 0 Å². The Morgan fingerprint density at radius 3 is 2.28 bits per heavy atom. The Hall–Kier alpha value is -4.36. The average molecular weight is 556 g/mol. The Bertz CT molecular complexity index is 1900. The third-order valence-corrected chi connectivity index (χ3v) is 11.1. The largest absolute Gasteiger partial charge is 0.355 e. The van der Waals surface area contributed by atoms with E-state index in [1.807, 2.05) is 0 Å². The molecule has 1 heteroatoms. The van der Waals surface area contributed by atoms with Gasteiger partial charge >= 0.3 is 0 Å². The van der Waals surface area contributed by atoms with Crippen LogP contribution in [-0.4, -0.2) is 0 Å². The summed E-state index contributed by atoms with van der Waals surface area (Å²) >= 11 is 0. The van der Waals surface area contributed by atoms with Gasteiger partial charge in [-0.15, -0.1) is 0 Å². The highest BCUT2D eigenvalue weighted by atomic mass is 14.9. The fourth-order valence-electron chi connectivity index (χ4n) is 9.56. The SMILES string of the molecule is CC1C=C2CC3(C4c5ccccc5-c5ccc(-c6cccc(Nc7ccccc7-c7ccccc7)c6)cc54)CC(C1)CC23. The molecule has 0 spiro atoms. The number of fused-ring (bicyclic) bond motifs is 4. The molecule has 4 aliphatic carbocycles. The van der Waals surface area contributed by atoms with Crippen LogP contribution in [0.5, 0.6) is 0 Å². The molecule has 5 unspecified atom stereocenters. The Morgan fingerprint density at radius 2 is 1.37 bits per heavy atom. The second-order valence-electron chi connectivity index (χ2n) is 13.7. The van der Waals surface area contributed by atoms with Crippen molar-refractivity contribution in [1.82, 2.24) is 0 Å². The summed E-state index contributed by atoms with van der Waals surface area (Å²) in [4.78, 5) is 0. The summed E-state index contributed by atoms with van der Waals surface area (Å²) in [5.41, 5.74) is 15.5. The highest BCUT2D eigenvalue weighted by molar-refractivity contribution is 5.85. The van der Waals surface area contributed by atoms with E-state index < -0.39 is 0 Å². The topological polar surface area (TPSA) is 12.0 Å². The number of para-hydroxylation sites is 1. The van der Waals surface area contributed by atoms with Crippen LogP contribution in [0.25, 0.3) is 33.4 Å².